The predicted octanol–water partition coefficient (Wildman–Crippen LogP) is 3.25. The van der Waals surface area contributed by atoms with Crippen LogP contribution in [0.15, 0.2) is 72.2 Å². The summed E-state index contributed by atoms with van der Waals surface area (Å²) in [5, 5.41) is 1.14. The summed E-state index contributed by atoms with van der Waals surface area (Å²) in [5.41, 5.74) is 8.62. The monoisotopic (exact) mass is 586 g/mol. The number of amides is 1. The Balaban J connectivity index is 0.00000420. The minimum absolute atomic E-state index is 0. The van der Waals surface area contributed by atoms with Crippen LogP contribution in [0.3, 0.4) is 0 Å². The number of nitrogens with two attached hydrogens (primary N) is 1. The molecular weight excluding hydrogens is 568 g/mol. The molecule has 0 radical (unpaired) electrons. The molecular formula is C23H19ClF4N6O4S. The molecule has 0 saturated heterocycles. The number of benzene rings is 3. The van der Waals surface area contributed by atoms with Crippen molar-refractivity contribution in [3.63, 3.8) is 0 Å². The number of hydrogen-bond acceptors (Lipinski definition) is 8. The van der Waals surface area contributed by atoms with Crippen LogP contribution >= 0.6 is 12.4 Å². The zero-order valence-corrected chi connectivity index (χ0v) is 21.3. The number of ketones is 1. The van der Waals surface area contributed by atoms with Gasteiger partial charge in [0.05, 0.1) is 17.5 Å². The van der Waals surface area contributed by atoms with Crippen LogP contribution in [0.2, 0.25) is 0 Å². The van der Waals surface area contributed by atoms with Gasteiger partial charge in [-0.1, -0.05) is 12.1 Å². The highest BCUT2D eigenvalue weighted by atomic mass is 35.5. The average Bonchev–Trinajstić information content (AvgIpc) is 3.14. The molecule has 0 fully saturated rings. The minimum Gasteiger partial charge on any atom is -0.382 e. The molecule has 10 nitrogen and oxygen atoms in total. The van der Waals surface area contributed by atoms with Crippen LogP contribution in [0.5, 0.6) is 0 Å². The van der Waals surface area contributed by atoms with Crippen molar-refractivity contribution in [1.29, 1.82) is 0 Å². The number of halogens is 5. The van der Waals surface area contributed by atoms with Gasteiger partial charge in [-0.15, -0.1) is 17.9 Å². The summed E-state index contributed by atoms with van der Waals surface area (Å²) < 4.78 is 82.5. The summed E-state index contributed by atoms with van der Waals surface area (Å²) in [6, 6.07) is 10.8. The van der Waals surface area contributed by atoms with E-state index in [2.05, 4.69) is 15.7 Å². The number of Topliss-reactive ketones (excluding diaryl/α,β-unsaturated/α-hetero) is 1. The SMILES string of the molecule is CS(=O)(=O)Nc1ccc(NN2NN(C(=O)c3c(F)cccc3F)C(N)=C2C(=O)c2c(F)cccc2F)cc1.Cl. The first-order chi connectivity index (χ1) is 17.9. The van der Waals surface area contributed by atoms with Gasteiger partial charge >= 0.3 is 0 Å². The quantitative estimate of drug-likeness (QED) is 0.245. The molecule has 39 heavy (non-hydrogen) atoms. The van der Waals surface area contributed by atoms with Crippen LogP contribution < -0.4 is 21.4 Å². The number of carbonyl (C=O) groups excluding carboxylic acids is 2. The maximum Gasteiger partial charge on any atom is 0.281 e. The first-order valence-electron chi connectivity index (χ1n) is 10.5. The Morgan fingerprint density at radius 2 is 1.28 bits per heavy atom. The largest absolute Gasteiger partial charge is 0.382 e. The standard InChI is InChI=1S/C23H18F4N6O4S.ClH/c1-38(36,37)30-13-10-8-12(9-11-13)29-33-20(21(34)18-14(24)4-2-5-15(18)25)22(28)32(31-33)23(35)19-16(26)6-3-7-17(19)27;/h2-11,29-31H,28H2,1H3;1H. The third-order valence-electron chi connectivity index (χ3n) is 5.12. The molecule has 1 heterocycles. The number of nitrogens with zero attached hydrogens (tertiary/aromatic N) is 2. The van der Waals surface area contributed by atoms with E-state index in [-0.39, 0.29) is 23.8 Å². The fourth-order valence-corrected chi connectivity index (χ4v) is 4.05. The van der Waals surface area contributed by atoms with Crippen molar-refractivity contribution in [2.45, 2.75) is 0 Å². The van der Waals surface area contributed by atoms with Gasteiger partial charge in [0.25, 0.3) is 5.91 Å². The normalized spacial score (nSPS) is 13.3. The van der Waals surface area contributed by atoms with Crippen LogP contribution in [-0.2, 0) is 10.0 Å². The lowest BCUT2D eigenvalue weighted by molar-refractivity contribution is 0.0614. The number of anilines is 2. The lowest BCUT2D eigenvalue weighted by atomic mass is 10.1. The Labute approximate surface area is 225 Å². The number of rotatable bonds is 7. The first kappa shape index (κ1) is 29.2. The van der Waals surface area contributed by atoms with E-state index in [1.807, 2.05) is 0 Å². The zero-order chi connectivity index (χ0) is 27.8. The highest BCUT2D eigenvalue weighted by molar-refractivity contribution is 7.92. The van der Waals surface area contributed by atoms with Crippen molar-refractivity contribution < 1.29 is 35.6 Å². The van der Waals surface area contributed by atoms with Crippen molar-refractivity contribution >= 4 is 45.5 Å². The topological polar surface area (TPSA) is 137 Å². The third kappa shape index (κ3) is 6.05. The van der Waals surface area contributed by atoms with Crippen LogP contribution in [0, 0.1) is 23.3 Å². The summed E-state index contributed by atoms with van der Waals surface area (Å²) in [4.78, 5) is 26.2. The molecule has 0 aromatic heterocycles. The van der Waals surface area contributed by atoms with Gasteiger partial charge in [-0.25, -0.2) is 31.0 Å². The summed E-state index contributed by atoms with van der Waals surface area (Å²) in [5.74, 6) is -8.29. The van der Waals surface area contributed by atoms with Crippen molar-refractivity contribution in [2.24, 2.45) is 5.73 Å². The lowest BCUT2D eigenvalue weighted by Crippen LogP contribution is -2.48. The molecule has 3 aromatic rings. The van der Waals surface area contributed by atoms with E-state index < -0.39 is 67.6 Å². The lowest BCUT2D eigenvalue weighted by Gasteiger charge is -2.25. The highest BCUT2D eigenvalue weighted by Crippen LogP contribution is 2.27. The molecule has 0 atom stereocenters. The Morgan fingerprint density at radius 1 is 0.821 bits per heavy atom. The Kier molecular flexibility index (Phi) is 8.38. The van der Waals surface area contributed by atoms with Gasteiger partial charge in [0.15, 0.2) is 11.5 Å². The highest BCUT2D eigenvalue weighted by Gasteiger charge is 2.39. The third-order valence-corrected chi connectivity index (χ3v) is 5.73. The van der Waals surface area contributed by atoms with E-state index in [0.29, 0.717) is 5.01 Å². The molecule has 16 heteroatoms. The van der Waals surface area contributed by atoms with Crippen molar-refractivity contribution in [3.05, 3.63) is 107 Å². The fourth-order valence-electron chi connectivity index (χ4n) is 3.48. The Bertz CT molecular complexity index is 1550. The predicted molar refractivity (Wildman–Crippen MR) is 135 cm³/mol. The van der Waals surface area contributed by atoms with E-state index in [4.69, 9.17) is 5.73 Å². The van der Waals surface area contributed by atoms with Gasteiger partial charge in [0, 0.05) is 5.69 Å². The van der Waals surface area contributed by atoms with Crippen LogP contribution in [-0.4, -0.2) is 36.5 Å². The Morgan fingerprint density at radius 3 is 1.77 bits per heavy atom. The fraction of sp³-hybridized carbons (Fsp3) is 0.0435. The van der Waals surface area contributed by atoms with Crippen LogP contribution in [0.25, 0.3) is 0 Å². The second-order valence-electron chi connectivity index (χ2n) is 7.90. The number of nitrogens with one attached hydrogen (secondary N) is 3. The van der Waals surface area contributed by atoms with Crippen molar-refractivity contribution in [2.75, 3.05) is 16.4 Å². The molecule has 206 valence electrons. The number of hydrogen-bond donors (Lipinski definition) is 4. The number of allylic oxidation sites excluding steroid dienone is 1. The molecule has 1 amide bonds. The van der Waals surface area contributed by atoms with Crippen LogP contribution in [0.4, 0.5) is 28.9 Å². The molecule has 0 bridgehead atoms. The Hall–Kier alpha value is -4.34. The van der Waals surface area contributed by atoms with E-state index >= 15 is 0 Å². The first-order valence-corrected chi connectivity index (χ1v) is 12.4. The second kappa shape index (κ2) is 11.2. The molecule has 0 unspecified atom stereocenters. The molecule has 1 aliphatic heterocycles. The minimum atomic E-state index is -3.57. The van der Waals surface area contributed by atoms with Gasteiger partial charge < -0.3 is 5.73 Å². The number of sulfonamides is 1. The van der Waals surface area contributed by atoms with Gasteiger partial charge in [-0.05, 0) is 48.5 Å². The van der Waals surface area contributed by atoms with E-state index in [1.165, 1.54) is 24.3 Å². The number of carbonyl (C=O) groups is 2. The molecule has 3 aromatic carbocycles. The summed E-state index contributed by atoms with van der Waals surface area (Å²) in [6.45, 7) is 0. The molecule has 0 saturated carbocycles. The van der Waals surface area contributed by atoms with Gasteiger partial charge in [0.1, 0.15) is 28.8 Å². The van der Waals surface area contributed by atoms with Crippen molar-refractivity contribution in [3.8, 4) is 0 Å². The molecule has 5 N–H and O–H groups in total. The van der Waals surface area contributed by atoms with E-state index in [0.717, 1.165) is 47.8 Å². The summed E-state index contributed by atoms with van der Waals surface area (Å²) in [7, 11) is -3.57. The molecule has 1 aliphatic rings. The molecule has 4 rings (SSSR count). The van der Waals surface area contributed by atoms with Crippen LogP contribution in [0.1, 0.15) is 20.7 Å². The maximum atomic E-state index is 14.4. The number of hydrazine groups is 3. The van der Waals surface area contributed by atoms with Gasteiger partial charge in [0.2, 0.25) is 15.8 Å². The maximum absolute atomic E-state index is 14.4. The van der Waals surface area contributed by atoms with Gasteiger partial charge in [-0.2, -0.15) is 5.12 Å². The van der Waals surface area contributed by atoms with Crippen molar-refractivity contribution in [1.82, 2.24) is 15.7 Å². The zero-order valence-electron chi connectivity index (χ0n) is 19.7. The average molecular weight is 587 g/mol. The smallest absolute Gasteiger partial charge is 0.281 e. The van der Waals surface area contributed by atoms with E-state index in [9.17, 15) is 35.6 Å². The van der Waals surface area contributed by atoms with E-state index in [1.54, 1.807) is 0 Å². The summed E-state index contributed by atoms with van der Waals surface area (Å²) >= 11 is 0. The molecule has 0 spiro atoms. The summed E-state index contributed by atoms with van der Waals surface area (Å²) in [6.07, 6.45) is 0.949. The van der Waals surface area contributed by atoms with Gasteiger partial charge in [-0.3, -0.25) is 19.7 Å². The molecule has 0 aliphatic carbocycles. The second-order valence-corrected chi connectivity index (χ2v) is 9.64.